The SMILES string of the molecule is COc1ccc(CCC(=O)NCCc2cc(F)cc(F)c2)cc1Br. The third-order valence-electron chi connectivity index (χ3n) is 3.52. The van der Waals surface area contributed by atoms with Gasteiger partial charge in [-0.25, -0.2) is 8.78 Å². The van der Waals surface area contributed by atoms with Gasteiger partial charge in [0.05, 0.1) is 11.6 Å². The van der Waals surface area contributed by atoms with E-state index in [1.165, 1.54) is 12.1 Å². The number of aryl methyl sites for hydroxylation is 1. The van der Waals surface area contributed by atoms with Crippen molar-refractivity contribution >= 4 is 21.8 Å². The molecule has 1 N–H and O–H groups in total. The van der Waals surface area contributed by atoms with Crippen molar-refractivity contribution in [1.82, 2.24) is 5.32 Å². The van der Waals surface area contributed by atoms with E-state index in [2.05, 4.69) is 21.2 Å². The number of amides is 1. The molecule has 2 aromatic rings. The fourth-order valence-corrected chi connectivity index (χ4v) is 2.90. The standard InChI is InChI=1S/C18H18BrF2NO2/c1-24-17-4-2-12(10-16(17)19)3-5-18(23)22-7-6-13-8-14(20)11-15(21)9-13/h2,4,8-11H,3,5-7H2,1H3,(H,22,23). The Morgan fingerprint density at radius 3 is 2.42 bits per heavy atom. The smallest absolute Gasteiger partial charge is 0.220 e. The number of carbonyl (C=O) groups is 1. The van der Waals surface area contributed by atoms with Gasteiger partial charge < -0.3 is 10.1 Å². The molecule has 2 rings (SSSR count). The molecule has 0 radical (unpaired) electrons. The summed E-state index contributed by atoms with van der Waals surface area (Å²) in [7, 11) is 1.59. The summed E-state index contributed by atoms with van der Waals surface area (Å²) in [5.41, 5.74) is 1.54. The van der Waals surface area contributed by atoms with Crippen LogP contribution in [0.15, 0.2) is 40.9 Å². The van der Waals surface area contributed by atoms with Crippen molar-refractivity contribution in [1.29, 1.82) is 0 Å². The number of carbonyl (C=O) groups excluding carboxylic acids is 1. The second-order valence-corrected chi connectivity index (χ2v) is 6.20. The Hall–Kier alpha value is -1.95. The van der Waals surface area contributed by atoms with Gasteiger partial charge in [-0.3, -0.25) is 4.79 Å². The van der Waals surface area contributed by atoms with Crippen LogP contribution in [0.1, 0.15) is 17.5 Å². The minimum absolute atomic E-state index is 0.0983. The maximum absolute atomic E-state index is 13.1. The first-order valence-corrected chi connectivity index (χ1v) is 8.31. The molecule has 24 heavy (non-hydrogen) atoms. The average molecular weight is 398 g/mol. The van der Waals surface area contributed by atoms with Crippen LogP contribution in [0, 0.1) is 11.6 Å². The molecule has 0 aromatic heterocycles. The highest BCUT2D eigenvalue weighted by molar-refractivity contribution is 9.10. The normalized spacial score (nSPS) is 10.5. The first-order chi connectivity index (χ1) is 11.5. The molecule has 128 valence electrons. The van der Waals surface area contributed by atoms with Gasteiger partial charge in [0, 0.05) is 19.0 Å². The van der Waals surface area contributed by atoms with Gasteiger partial charge in [-0.2, -0.15) is 0 Å². The summed E-state index contributed by atoms with van der Waals surface area (Å²) in [6, 6.07) is 9.03. The first kappa shape index (κ1) is 18.4. The summed E-state index contributed by atoms with van der Waals surface area (Å²) in [4.78, 5) is 11.9. The van der Waals surface area contributed by atoms with Gasteiger partial charge in [-0.05, 0) is 64.2 Å². The molecular weight excluding hydrogens is 380 g/mol. The lowest BCUT2D eigenvalue weighted by Crippen LogP contribution is -2.25. The van der Waals surface area contributed by atoms with E-state index in [0.29, 0.717) is 31.4 Å². The van der Waals surface area contributed by atoms with Gasteiger partial charge in [0.15, 0.2) is 0 Å². The Bertz CT molecular complexity index is 702. The lowest BCUT2D eigenvalue weighted by atomic mass is 10.1. The Balaban J connectivity index is 1.76. The lowest BCUT2D eigenvalue weighted by molar-refractivity contribution is -0.121. The van der Waals surface area contributed by atoms with Crippen LogP contribution in [0.5, 0.6) is 5.75 Å². The van der Waals surface area contributed by atoms with E-state index in [4.69, 9.17) is 4.74 Å². The second-order valence-electron chi connectivity index (χ2n) is 5.35. The fourth-order valence-electron chi connectivity index (χ4n) is 2.31. The van der Waals surface area contributed by atoms with Crippen molar-refractivity contribution in [2.45, 2.75) is 19.3 Å². The molecule has 0 aliphatic carbocycles. The van der Waals surface area contributed by atoms with Crippen molar-refractivity contribution in [2.24, 2.45) is 0 Å². The van der Waals surface area contributed by atoms with Gasteiger partial charge >= 0.3 is 0 Å². The maximum Gasteiger partial charge on any atom is 0.220 e. The van der Waals surface area contributed by atoms with Crippen molar-refractivity contribution in [3.8, 4) is 5.75 Å². The van der Waals surface area contributed by atoms with Crippen LogP contribution in [-0.2, 0) is 17.6 Å². The predicted molar refractivity (Wildman–Crippen MR) is 92.1 cm³/mol. The monoisotopic (exact) mass is 397 g/mol. The van der Waals surface area contributed by atoms with Crippen LogP contribution in [0.25, 0.3) is 0 Å². The van der Waals surface area contributed by atoms with E-state index in [1.807, 2.05) is 18.2 Å². The fraction of sp³-hybridized carbons (Fsp3) is 0.278. The predicted octanol–water partition coefficient (Wildman–Crippen LogP) is 4.03. The third-order valence-corrected chi connectivity index (χ3v) is 4.13. The van der Waals surface area contributed by atoms with Gasteiger partial charge in [0.1, 0.15) is 17.4 Å². The summed E-state index contributed by atoms with van der Waals surface area (Å²) in [6.07, 6.45) is 1.33. The van der Waals surface area contributed by atoms with Crippen LogP contribution in [0.2, 0.25) is 0 Å². The number of methoxy groups -OCH3 is 1. The number of halogens is 3. The zero-order chi connectivity index (χ0) is 17.5. The highest BCUT2D eigenvalue weighted by atomic mass is 79.9. The number of ether oxygens (including phenoxy) is 1. The molecule has 3 nitrogen and oxygen atoms in total. The van der Waals surface area contributed by atoms with Crippen LogP contribution < -0.4 is 10.1 Å². The molecule has 0 aliphatic rings. The number of nitrogens with one attached hydrogen (secondary N) is 1. The molecule has 0 fully saturated rings. The Labute approximate surface area is 148 Å². The first-order valence-electron chi connectivity index (χ1n) is 7.52. The van der Waals surface area contributed by atoms with E-state index in [1.54, 1.807) is 7.11 Å². The lowest BCUT2D eigenvalue weighted by Gasteiger charge is -2.08. The molecule has 0 saturated carbocycles. The van der Waals surface area contributed by atoms with Gasteiger partial charge in [-0.15, -0.1) is 0 Å². The third kappa shape index (κ3) is 5.60. The number of hydrogen-bond donors (Lipinski definition) is 1. The molecule has 0 aliphatic heterocycles. The maximum atomic E-state index is 13.1. The van der Waals surface area contributed by atoms with Crippen LogP contribution in [0.3, 0.4) is 0 Å². The van der Waals surface area contributed by atoms with Crippen molar-refractivity contribution in [3.63, 3.8) is 0 Å². The summed E-state index contributed by atoms with van der Waals surface area (Å²) >= 11 is 3.41. The average Bonchev–Trinajstić information content (AvgIpc) is 2.52. The van der Waals surface area contributed by atoms with E-state index in [0.717, 1.165) is 21.9 Å². The molecule has 0 heterocycles. The molecule has 6 heteroatoms. The van der Waals surface area contributed by atoms with Crippen molar-refractivity contribution in [3.05, 3.63) is 63.6 Å². The van der Waals surface area contributed by atoms with Gasteiger partial charge in [-0.1, -0.05) is 6.07 Å². The Morgan fingerprint density at radius 1 is 1.08 bits per heavy atom. The quantitative estimate of drug-likeness (QED) is 0.765. The van der Waals surface area contributed by atoms with Gasteiger partial charge in [0.25, 0.3) is 0 Å². The van der Waals surface area contributed by atoms with Crippen LogP contribution in [0.4, 0.5) is 8.78 Å². The van der Waals surface area contributed by atoms with Crippen LogP contribution >= 0.6 is 15.9 Å². The number of rotatable bonds is 7. The molecule has 0 saturated heterocycles. The van der Waals surface area contributed by atoms with Crippen molar-refractivity contribution in [2.75, 3.05) is 13.7 Å². The molecule has 0 spiro atoms. The molecule has 2 aromatic carbocycles. The summed E-state index contributed by atoms with van der Waals surface area (Å²) in [5.74, 6) is -0.577. The number of benzene rings is 2. The number of hydrogen-bond acceptors (Lipinski definition) is 2. The largest absolute Gasteiger partial charge is 0.496 e. The minimum atomic E-state index is -0.610. The zero-order valence-electron chi connectivity index (χ0n) is 13.2. The van der Waals surface area contributed by atoms with Gasteiger partial charge in [0.2, 0.25) is 5.91 Å². The highest BCUT2D eigenvalue weighted by Gasteiger charge is 2.06. The topological polar surface area (TPSA) is 38.3 Å². The summed E-state index contributed by atoms with van der Waals surface area (Å²) in [6.45, 7) is 0.341. The Kier molecular flexibility index (Phi) is 6.73. The molecule has 1 amide bonds. The molecule has 0 bridgehead atoms. The highest BCUT2D eigenvalue weighted by Crippen LogP contribution is 2.25. The Morgan fingerprint density at radius 2 is 1.79 bits per heavy atom. The van der Waals surface area contributed by atoms with E-state index >= 15 is 0 Å². The van der Waals surface area contributed by atoms with E-state index < -0.39 is 11.6 Å². The molecular formula is C18H18BrF2NO2. The van der Waals surface area contributed by atoms with Crippen LogP contribution in [-0.4, -0.2) is 19.6 Å². The zero-order valence-corrected chi connectivity index (χ0v) is 14.8. The van der Waals surface area contributed by atoms with E-state index in [9.17, 15) is 13.6 Å². The summed E-state index contributed by atoms with van der Waals surface area (Å²) in [5, 5.41) is 2.76. The van der Waals surface area contributed by atoms with E-state index in [-0.39, 0.29) is 5.91 Å². The minimum Gasteiger partial charge on any atom is -0.496 e. The molecule has 0 unspecified atom stereocenters. The second kappa shape index (κ2) is 8.78. The molecule has 0 atom stereocenters. The summed E-state index contributed by atoms with van der Waals surface area (Å²) < 4.78 is 32.1. The van der Waals surface area contributed by atoms with Crippen molar-refractivity contribution < 1.29 is 18.3 Å².